The minimum absolute atomic E-state index is 0.0685. The summed E-state index contributed by atoms with van der Waals surface area (Å²) in [6, 6.07) is 7.23. The summed E-state index contributed by atoms with van der Waals surface area (Å²) < 4.78 is 10.4. The van der Waals surface area contributed by atoms with Gasteiger partial charge >= 0.3 is 5.69 Å². The number of nitrogens with zero attached hydrogens (tertiary/aromatic N) is 5. The van der Waals surface area contributed by atoms with E-state index in [1.54, 1.807) is 40.0 Å². The smallest absolute Gasteiger partial charge is 0.332 e. The van der Waals surface area contributed by atoms with Crippen LogP contribution >= 0.6 is 0 Å². The van der Waals surface area contributed by atoms with Gasteiger partial charge in [-0.2, -0.15) is 4.98 Å². The average Bonchev–Trinajstić information content (AvgIpc) is 3.19. The van der Waals surface area contributed by atoms with Crippen molar-refractivity contribution in [2.24, 2.45) is 0 Å². The van der Waals surface area contributed by atoms with E-state index < -0.39 is 16.8 Å². The normalized spacial score (nSPS) is 11.5. The Kier molecular flexibility index (Phi) is 5.37. The zero-order valence-corrected chi connectivity index (χ0v) is 18.5. The summed E-state index contributed by atoms with van der Waals surface area (Å²) in [6.07, 6.45) is 0.262. The molecule has 4 rings (SSSR count). The van der Waals surface area contributed by atoms with Gasteiger partial charge in [-0.25, -0.2) is 9.20 Å². The maximum atomic E-state index is 13.2. The fourth-order valence-electron chi connectivity index (χ4n) is 4.02. The Morgan fingerprint density at radius 1 is 0.938 bits per heavy atom. The minimum atomic E-state index is -0.559. The highest BCUT2D eigenvalue weighted by atomic mass is 16.5. The number of ether oxygens (including phenoxy) is 1. The number of methoxy groups -OCH3 is 1. The molecule has 3 aromatic heterocycles. The summed E-state index contributed by atoms with van der Waals surface area (Å²) in [7, 11) is 1.57. The van der Waals surface area contributed by atoms with E-state index in [2.05, 4.69) is 4.98 Å². The molecular weight excluding hydrogens is 414 g/mol. The highest BCUT2D eigenvalue weighted by molar-refractivity contribution is 5.76. The standard InChI is InChI=1S/C22H25N5O5/c1-5-15-18(28)26(12-13-8-10-14(32-4)11-9-13)21-23-17-16(27(21)19(15)29)20(30)25(7-3)22(31)24(17)6-2/h8-11,29H,5-7,12H2,1-4H3. The van der Waals surface area contributed by atoms with E-state index >= 15 is 0 Å². The van der Waals surface area contributed by atoms with Gasteiger partial charge in [0.05, 0.1) is 19.2 Å². The molecule has 0 fully saturated rings. The molecule has 0 atom stereocenters. The van der Waals surface area contributed by atoms with Gasteiger partial charge in [-0.05, 0) is 38.0 Å². The van der Waals surface area contributed by atoms with Crippen LogP contribution < -0.4 is 21.5 Å². The van der Waals surface area contributed by atoms with Crippen molar-refractivity contribution in [3.63, 3.8) is 0 Å². The predicted octanol–water partition coefficient (Wildman–Crippen LogP) is 1.34. The van der Waals surface area contributed by atoms with Crippen LogP contribution in [0.25, 0.3) is 16.9 Å². The van der Waals surface area contributed by atoms with Crippen molar-refractivity contribution in [2.45, 2.75) is 46.8 Å². The van der Waals surface area contributed by atoms with Gasteiger partial charge in [-0.1, -0.05) is 19.1 Å². The van der Waals surface area contributed by atoms with Crippen LogP contribution in [0.2, 0.25) is 0 Å². The lowest BCUT2D eigenvalue weighted by Crippen LogP contribution is -2.39. The van der Waals surface area contributed by atoms with Crippen LogP contribution in [0.5, 0.6) is 11.6 Å². The molecule has 0 unspecified atom stereocenters. The number of benzene rings is 1. The summed E-state index contributed by atoms with van der Waals surface area (Å²) in [6.45, 7) is 5.86. The second kappa shape index (κ2) is 8.03. The second-order valence-corrected chi connectivity index (χ2v) is 7.39. The Labute approximate surface area is 182 Å². The predicted molar refractivity (Wildman–Crippen MR) is 120 cm³/mol. The van der Waals surface area contributed by atoms with E-state index in [1.165, 1.54) is 13.5 Å². The van der Waals surface area contributed by atoms with Gasteiger partial charge in [-0.15, -0.1) is 0 Å². The molecule has 10 heteroatoms. The highest BCUT2D eigenvalue weighted by Gasteiger charge is 2.24. The SMILES string of the molecule is CCc1c(O)n2c3c(=O)n(CC)c(=O)n(CC)c3nc2n(Cc2ccc(OC)cc2)c1=O. The number of hydrogen-bond donors (Lipinski definition) is 1. The van der Waals surface area contributed by atoms with Crippen molar-refractivity contribution < 1.29 is 9.84 Å². The topological polar surface area (TPSA) is 113 Å². The van der Waals surface area contributed by atoms with E-state index in [0.717, 1.165) is 10.1 Å². The van der Waals surface area contributed by atoms with E-state index in [9.17, 15) is 19.5 Å². The maximum absolute atomic E-state index is 13.2. The van der Waals surface area contributed by atoms with Crippen molar-refractivity contribution in [3.05, 3.63) is 66.6 Å². The van der Waals surface area contributed by atoms with Crippen molar-refractivity contribution in [1.82, 2.24) is 23.1 Å². The number of imidazole rings is 1. The monoisotopic (exact) mass is 439 g/mol. The van der Waals surface area contributed by atoms with Gasteiger partial charge in [0.15, 0.2) is 11.2 Å². The third-order valence-electron chi connectivity index (χ3n) is 5.72. The summed E-state index contributed by atoms with van der Waals surface area (Å²) in [5, 5.41) is 11.0. The van der Waals surface area contributed by atoms with Crippen LogP contribution in [-0.2, 0) is 26.1 Å². The molecule has 4 aromatic rings. The van der Waals surface area contributed by atoms with Crippen LogP contribution in [0.1, 0.15) is 31.9 Å². The Balaban J connectivity index is 2.15. The first kappa shape index (κ1) is 21.4. The van der Waals surface area contributed by atoms with Crippen molar-refractivity contribution in [3.8, 4) is 11.6 Å². The molecule has 1 N–H and O–H groups in total. The van der Waals surface area contributed by atoms with Crippen LogP contribution in [0.3, 0.4) is 0 Å². The van der Waals surface area contributed by atoms with Crippen LogP contribution in [-0.4, -0.2) is 35.3 Å². The lowest BCUT2D eigenvalue weighted by molar-refractivity contribution is 0.414. The van der Waals surface area contributed by atoms with Crippen LogP contribution in [0.15, 0.2) is 38.6 Å². The number of fused-ring (bicyclic) bond motifs is 3. The molecule has 0 radical (unpaired) electrons. The van der Waals surface area contributed by atoms with Gasteiger partial charge in [-0.3, -0.25) is 23.3 Å². The molecule has 32 heavy (non-hydrogen) atoms. The lowest BCUT2D eigenvalue weighted by atomic mass is 10.2. The van der Waals surface area contributed by atoms with Gasteiger partial charge in [0.25, 0.3) is 11.1 Å². The molecule has 0 aliphatic heterocycles. The molecule has 0 saturated carbocycles. The van der Waals surface area contributed by atoms with Crippen LogP contribution in [0, 0.1) is 0 Å². The third kappa shape index (κ3) is 3.02. The first-order chi connectivity index (χ1) is 15.4. The summed E-state index contributed by atoms with van der Waals surface area (Å²) in [4.78, 5) is 43.7. The molecule has 0 aliphatic rings. The number of rotatable bonds is 6. The molecule has 0 amide bonds. The Bertz CT molecular complexity index is 1510. The minimum Gasteiger partial charge on any atom is -0.497 e. The number of aromatic hydroxyl groups is 1. The van der Waals surface area contributed by atoms with E-state index in [1.807, 2.05) is 12.1 Å². The van der Waals surface area contributed by atoms with Crippen LogP contribution in [0.4, 0.5) is 0 Å². The first-order valence-corrected chi connectivity index (χ1v) is 10.5. The average molecular weight is 439 g/mol. The molecule has 3 heterocycles. The Morgan fingerprint density at radius 3 is 2.16 bits per heavy atom. The molecule has 10 nitrogen and oxygen atoms in total. The Hall–Kier alpha value is -3.82. The molecule has 0 bridgehead atoms. The molecule has 0 saturated heterocycles. The van der Waals surface area contributed by atoms with Crippen molar-refractivity contribution >= 4 is 16.9 Å². The third-order valence-corrected chi connectivity index (χ3v) is 5.72. The fourth-order valence-corrected chi connectivity index (χ4v) is 4.02. The number of hydrogen-bond acceptors (Lipinski definition) is 6. The lowest BCUT2D eigenvalue weighted by Gasteiger charge is -2.13. The molecule has 0 spiro atoms. The zero-order chi connectivity index (χ0) is 23.2. The van der Waals surface area contributed by atoms with Gasteiger partial charge in [0.2, 0.25) is 11.7 Å². The number of aromatic nitrogens is 5. The highest BCUT2D eigenvalue weighted by Crippen LogP contribution is 2.22. The summed E-state index contributed by atoms with van der Waals surface area (Å²) >= 11 is 0. The summed E-state index contributed by atoms with van der Waals surface area (Å²) in [5.74, 6) is 0.454. The molecule has 1 aromatic carbocycles. The van der Waals surface area contributed by atoms with Gasteiger partial charge < -0.3 is 9.84 Å². The first-order valence-electron chi connectivity index (χ1n) is 10.5. The quantitative estimate of drug-likeness (QED) is 0.485. The maximum Gasteiger partial charge on any atom is 0.332 e. The summed E-state index contributed by atoms with van der Waals surface area (Å²) in [5.41, 5.74) is -0.246. The number of aryl methyl sites for hydroxylation is 1. The second-order valence-electron chi connectivity index (χ2n) is 7.39. The van der Waals surface area contributed by atoms with Crippen molar-refractivity contribution in [2.75, 3.05) is 7.11 Å². The Morgan fingerprint density at radius 2 is 1.59 bits per heavy atom. The van der Waals surface area contributed by atoms with Crippen molar-refractivity contribution in [1.29, 1.82) is 0 Å². The molecule has 168 valence electrons. The fraction of sp³-hybridized carbons (Fsp3) is 0.364. The van der Waals surface area contributed by atoms with E-state index in [0.29, 0.717) is 5.75 Å². The largest absolute Gasteiger partial charge is 0.497 e. The molecular formula is C22H25N5O5. The van der Waals surface area contributed by atoms with Gasteiger partial charge in [0, 0.05) is 13.1 Å². The van der Waals surface area contributed by atoms with E-state index in [4.69, 9.17) is 4.74 Å². The van der Waals surface area contributed by atoms with E-state index in [-0.39, 0.29) is 54.4 Å². The van der Waals surface area contributed by atoms with Gasteiger partial charge in [0.1, 0.15) is 5.75 Å². The zero-order valence-electron chi connectivity index (χ0n) is 18.5. The molecule has 0 aliphatic carbocycles.